The van der Waals surface area contributed by atoms with Crippen molar-refractivity contribution in [2.75, 3.05) is 45.5 Å². The number of halogens is 1. The molecule has 17 heavy (non-hydrogen) atoms. The minimum atomic E-state index is 0. The molecule has 0 radical (unpaired) electrons. The largest absolute Gasteiger partial charge is 1.00 e. The standard InChI is InChI=1S/C6H12O2.C5H9BrO.K.H2O/c1-6(3-7-2)4-8-5-6;1-5(2-6)3-7-4-5;;/h3-5H2,1-2H3;2-4H2,1H3;;1H2/q;;+1;/p-1. The second-order valence-electron chi connectivity index (χ2n) is 5.17. The van der Waals surface area contributed by atoms with Gasteiger partial charge < -0.3 is 19.7 Å². The van der Waals surface area contributed by atoms with Crippen LogP contribution in [0, 0.1) is 10.8 Å². The normalized spacial score (nSPS) is 22.6. The Balaban J connectivity index is 0. The summed E-state index contributed by atoms with van der Waals surface area (Å²) in [6, 6.07) is 0. The third-order valence-electron chi connectivity index (χ3n) is 2.62. The summed E-state index contributed by atoms with van der Waals surface area (Å²) in [7, 11) is 1.73. The molecule has 6 heteroatoms. The molecule has 2 heterocycles. The average Bonchev–Trinajstić information content (AvgIpc) is 2.13. The molecule has 0 aromatic carbocycles. The van der Waals surface area contributed by atoms with Crippen LogP contribution in [-0.2, 0) is 14.2 Å². The van der Waals surface area contributed by atoms with Gasteiger partial charge in [0.2, 0.25) is 0 Å². The molecule has 0 aliphatic carbocycles. The molecule has 0 aromatic heterocycles. The Morgan fingerprint density at radius 3 is 1.53 bits per heavy atom. The van der Waals surface area contributed by atoms with Gasteiger partial charge in [-0.25, -0.2) is 0 Å². The first-order valence-corrected chi connectivity index (χ1v) is 6.36. The predicted octanol–water partition coefficient (Wildman–Crippen LogP) is -1.09. The SMILES string of the molecule is CC1(CBr)COC1.COCC1(C)COC1.[K+].[OH-]. The van der Waals surface area contributed by atoms with Gasteiger partial charge in [-0.3, -0.25) is 0 Å². The summed E-state index contributed by atoms with van der Waals surface area (Å²) in [5, 5.41) is 1.07. The van der Waals surface area contributed by atoms with Crippen LogP contribution in [0.1, 0.15) is 13.8 Å². The van der Waals surface area contributed by atoms with Gasteiger partial charge in [0.15, 0.2) is 0 Å². The Bertz CT molecular complexity index is 190. The van der Waals surface area contributed by atoms with Crippen LogP contribution in [0.2, 0.25) is 0 Å². The Kier molecular flexibility index (Phi) is 12.3. The van der Waals surface area contributed by atoms with Crippen molar-refractivity contribution in [2.45, 2.75) is 13.8 Å². The maximum absolute atomic E-state index is 5.01. The minimum absolute atomic E-state index is 0. The Morgan fingerprint density at radius 2 is 1.47 bits per heavy atom. The first kappa shape index (κ1) is 21.3. The second-order valence-corrected chi connectivity index (χ2v) is 5.73. The van der Waals surface area contributed by atoms with Gasteiger partial charge >= 0.3 is 51.4 Å². The van der Waals surface area contributed by atoms with Crippen molar-refractivity contribution in [2.24, 2.45) is 10.8 Å². The van der Waals surface area contributed by atoms with Gasteiger partial charge in [-0.05, 0) is 0 Å². The van der Waals surface area contributed by atoms with E-state index in [-0.39, 0.29) is 56.9 Å². The van der Waals surface area contributed by atoms with E-state index in [1.807, 2.05) is 0 Å². The van der Waals surface area contributed by atoms with Gasteiger partial charge in [0.1, 0.15) is 0 Å². The van der Waals surface area contributed by atoms with Crippen LogP contribution >= 0.6 is 15.9 Å². The van der Waals surface area contributed by atoms with Gasteiger partial charge in [0.25, 0.3) is 0 Å². The predicted molar refractivity (Wildman–Crippen MR) is 65.5 cm³/mol. The molecule has 2 fully saturated rings. The molecule has 2 aliphatic rings. The molecule has 0 aromatic rings. The van der Waals surface area contributed by atoms with Crippen molar-refractivity contribution in [3.8, 4) is 0 Å². The topological polar surface area (TPSA) is 57.7 Å². The number of alkyl halides is 1. The number of rotatable bonds is 3. The van der Waals surface area contributed by atoms with E-state index < -0.39 is 0 Å². The monoisotopic (exact) mass is 336 g/mol. The van der Waals surface area contributed by atoms with Crippen LogP contribution in [0.3, 0.4) is 0 Å². The fourth-order valence-electron chi connectivity index (χ4n) is 1.41. The molecule has 0 atom stereocenters. The first-order chi connectivity index (χ1) is 7.04. The van der Waals surface area contributed by atoms with Crippen LogP contribution in [0.5, 0.6) is 0 Å². The number of hydrogen-bond acceptors (Lipinski definition) is 4. The van der Waals surface area contributed by atoms with E-state index >= 15 is 0 Å². The van der Waals surface area contributed by atoms with Gasteiger partial charge in [0.05, 0.1) is 33.0 Å². The maximum atomic E-state index is 5.01. The third kappa shape index (κ3) is 7.34. The summed E-state index contributed by atoms with van der Waals surface area (Å²) in [5.74, 6) is 0. The van der Waals surface area contributed by atoms with Gasteiger partial charge in [0, 0.05) is 23.3 Å². The Morgan fingerprint density at radius 1 is 1.06 bits per heavy atom. The Labute approximate surface area is 155 Å². The van der Waals surface area contributed by atoms with E-state index in [4.69, 9.17) is 14.2 Å². The van der Waals surface area contributed by atoms with Crippen LogP contribution < -0.4 is 51.4 Å². The Hall–Kier alpha value is 1.96. The van der Waals surface area contributed by atoms with Gasteiger partial charge in [-0.15, -0.1) is 0 Å². The molecule has 2 aliphatic heterocycles. The van der Waals surface area contributed by atoms with Crippen molar-refractivity contribution in [3.63, 3.8) is 0 Å². The summed E-state index contributed by atoms with van der Waals surface area (Å²) < 4.78 is 15.0. The van der Waals surface area contributed by atoms with Gasteiger partial charge in [-0.1, -0.05) is 29.8 Å². The molecule has 0 bridgehead atoms. The summed E-state index contributed by atoms with van der Waals surface area (Å²) in [6.07, 6.45) is 0. The second kappa shape index (κ2) is 9.80. The summed E-state index contributed by atoms with van der Waals surface area (Å²) >= 11 is 3.40. The van der Waals surface area contributed by atoms with E-state index in [0.717, 1.165) is 38.4 Å². The van der Waals surface area contributed by atoms with Crippen LogP contribution in [0.15, 0.2) is 0 Å². The molecule has 2 saturated heterocycles. The molecular weight excluding hydrogens is 315 g/mol. The van der Waals surface area contributed by atoms with E-state index in [1.165, 1.54) is 0 Å². The zero-order valence-corrected chi connectivity index (χ0v) is 16.0. The molecule has 0 unspecified atom stereocenters. The van der Waals surface area contributed by atoms with Crippen molar-refractivity contribution in [1.29, 1.82) is 0 Å². The maximum Gasteiger partial charge on any atom is 1.00 e. The summed E-state index contributed by atoms with van der Waals surface area (Å²) in [6.45, 7) is 8.79. The first-order valence-electron chi connectivity index (χ1n) is 5.24. The zero-order valence-electron chi connectivity index (χ0n) is 11.3. The molecule has 0 amide bonds. The summed E-state index contributed by atoms with van der Waals surface area (Å²) in [5.41, 5.74) is 0.786. The quantitative estimate of drug-likeness (QED) is 0.485. The van der Waals surface area contributed by atoms with Crippen LogP contribution in [-0.4, -0.2) is 51.0 Å². The molecule has 0 saturated carbocycles. The number of methoxy groups -OCH3 is 1. The van der Waals surface area contributed by atoms with Gasteiger partial charge in [-0.2, -0.15) is 0 Å². The fourth-order valence-corrected chi connectivity index (χ4v) is 1.73. The molecular formula is C11H22BrKO4. The van der Waals surface area contributed by atoms with Crippen molar-refractivity contribution in [3.05, 3.63) is 0 Å². The number of ether oxygens (including phenoxy) is 3. The van der Waals surface area contributed by atoms with E-state index in [0.29, 0.717) is 10.8 Å². The third-order valence-corrected chi connectivity index (χ3v) is 3.97. The molecule has 98 valence electrons. The van der Waals surface area contributed by atoms with Crippen molar-refractivity contribution in [1.82, 2.24) is 0 Å². The molecule has 0 spiro atoms. The average molecular weight is 337 g/mol. The zero-order chi connectivity index (χ0) is 11.4. The van der Waals surface area contributed by atoms with Crippen molar-refractivity contribution < 1.29 is 71.1 Å². The van der Waals surface area contributed by atoms with E-state index in [1.54, 1.807) is 7.11 Å². The molecule has 2 rings (SSSR count). The smallest absolute Gasteiger partial charge is 0.870 e. The van der Waals surface area contributed by atoms with Crippen molar-refractivity contribution >= 4 is 15.9 Å². The number of hydrogen-bond donors (Lipinski definition) is 0. The van der Waals surface area contributed by atoms with E-state index in [2.05, 4.69) is 29.8 Å². The summed E-state index contributed by atoms with van der Waals surface area (Å²) in [4.78, 5) is 0. The van der Waals surface area contributed by atoms with Crippen LogP contribution in [0.4, 0.5) is 0 Å². The molecule has 4 nitrogen and oxygen atoms in total. The minimum Gasteiger partial charge on any atom is -0.870 e. The van der Waals surface area contributed by atoms with E-state index in [9.17, 15) is 0 Å². The molecule has 1 N–H and O–H groups in total. The fraction of sp³-hybridized carbons (Fsp3) is 1.00. The van der Waals surface area contributed by atoms with Crippen LogP contribution in [0.25, 0.3) is 0 Å².